The van der Waals surface area contributed by atoms with Gasteiger partial charge in [0.1, 0.15) is 17.6 Å². The van der Waals surface area contributed by atoms with Crippen LogP contribution in [0.15, 0.2) is 72.3 Å². The van der Waals surface area contributed by atoms with E-state index in [1.807, 2.05) is 43.3 Å². The third-order valence-electron chi connectivity index (χ3n) is 6.16. The average Bonchev–Trinajstić information content (AvgIpc) is 3.32. The van der Waals surface area contributed by atoms with Crippen molar-refractivity contribution in [3.05, 3.63) is 105 Å². The number of hydrogen-bond acceptors (Lipinski definition) is 4. The first-order chi connectivity index (χ1) is 16.3. The van der Waals surface area contributed by atoms with Crippen LogP contribution in [0, 0.1) is 0 Å². The van der Waals surface area contributed by atoms with Crippen LogP contribution in [-0.4, -0.2) is 27.8 Å². The molecule has 1 N–H and O–H groups in total. The normalized spacial score (nSPS) is 21.0. The summed E-state index contributed by atoms with van der Waals surface area (Å²) >= 11 is 12.4. The van der Waals surface area contributed by atoms with Gasteiger partial charge in [0, 0.05) is 18.5 Å². The summed E-state index contributed by atoms with van der Waals surface area (Å²) in [4.78, 5) is 27.9. The van der Waals surface area contributed by atoms with Gasteiger partial charge >= 0.3 is 0 Å². The summed E-state index contributed by atoms with van der Waals surface area (Å²) in [7, 11) is 0. The maximum Gasteiger partial charge on any atom is 0.295 e. The number of halogens is 2. The number of aliphatic hydroxyl groups is 1. The highest BCUT2D eigenvalue weighted by molar-refractivity contribution is 6.46. The Morgan fingerprint density at radius 3 is 2.53 bits per heavy atom. The number of nitrogens with zero attached hydrogens (tertiary/aromatic N) is 1. The van der Waals surface area contributed by atoms with Crippen molar-refractivity contribution in [2.45, 2.75) is 32.0 Å². The van der Waals surface area contributed by atoms with Gasteiger partial charge in [0.05, 0.1) is 21.7 Å². The van der Waals surface area contributed by atoms with E-state index in [-0.39, 0.29) is 24.0 Å². The number of likely N-dealkylation sites (tertiary alicyclic amines) is 1. The minimum absolute atomic E-state index is 0.0197. The van der Waals surface area contributed by atoms with Gasteiger partial charge in [-0.1, -0.05) is 59.6 Å². The monoisotopic (exact) mass is 493 g/mol. The van der Waals surface area contributed by atoms with Crippen LogP contribution in [0.25, 0.3) is 5.76 Å². The zero-order valence-corrected chi connectivity index (χ0v) is 19.8. The molecule has 3 aromatic rings. The Balaban J connectivity index is 1.65. The molecule has 7 heteroatoms. The minimum atomic E-state index is -0.821. The number of hydrogen-bond donors (Lipinski definition) is 1. The molecule has 172 valence electrons. The Labute approximate surface area is 207 Å². The first kappa shape index (κ1) is 22.5. The first-order valence-electron chi connectivity index (χ1n) is 10.9. The van der Waals surface area contributed by atoms with Gasteiger partial charge in [-0.3, -0.25) is 9.59 Å². The van der Waals surface area contributed by atoms with Crippen molar-refractivity contribution in [3.8, 4) is 5.75 Å². The lowest BCUT2D eigenvalue weighted by Crippen LogP contribution is -2.29. The van der Waals surface area contributed by atoms with Crippen molar-refractivity contribution < 1.29 is 19.4 Å². The summed E-state index contributed by atoms with van der Waals surface area (Å²) in [6.45, 7) is 2.17. The molecule has 2 atom stereocenters. The standard InChI is InChI=1S/C27H21Cl2NO4/c1-15-11-19-12-18(8-10-22(19)34-15)25(31)23-24(17-7-9-20(28)21(29)13-17)30(27(33)26(23)32)14-16-5-3-2-4-6-16/h2-10,12-13,15,24,31H,11,14H2,1H3. The van der Waals surface area contributed by atoms with Crippen LogP contribution >= 0.6 is 23.2 Å². The van der Waals surface area contributed by atoms with E-state index in [1.54, 1.807) is 30.3 Å². The van der Waals surface area contributed by atoms with Gasteiger partial charge < -0.3 is 14.7 Å². The maximum absolute atomic E-state index is 13.2. The summed E-state index contributed by atoms with van der Waals surface area (Å²) < 4.78 is 5.75. The molecule has 1 saturated heterocycles. The largest absolute Gasteiger partial charge is 0.507 e. The number of benzene rings is 3. The molecule has 0 spiro atoms. The lowest BCUT2D eigenvalue weighted by Gasteiger charge is -2.25. The second kappa shape index (κ2) is 8.82. The smallest absolute Gasteiger partial charge is 0.295 e. The number of Topliss-reactive ketones (excluding diaryl/α,β-unsaturated/α-hetero) is 1. The zero-order valence-electron chi connectivity index (χ0n) is 18.3. The van der Waals surface area contributed by atoms with E-state index in [0.29, 0.717) is 27.6 Å². The average molecular weight is 494 g/mol. The molecular weight excluding hydrogens is 473 g/mol. The van der Waals surface area contributed by atoms with E-state index < -0.39 is 17.7 Å². The highest BCUT2D eigenvalue weighted by Gasteiger charge is 2.46. The van der Waals surface area contributed by atoms with Crippen LogP contribution in [0.3, 0.4) is 0 Å². The van der Waals surface area contributed by atoms with Crippen molar-refractivity contribution >= 4 is 40.7 Å². The van der Waals surface area contributed by atoms with Crippen molar-refractivity contribution in [2.24, 2.45) is 0 Å². The first-order valence-corrected chi connectivity index (χ1v) is 11.7. The summed E-state index contributed by atoms with van der Waals surface area (Å²) in [5.74, 6) is -0.892. The highest BCUT2D eigenvalue weighted by Crippen LogP contribution is 2.42. The maximum atomic E-state index is 13.2. The van der Waals surface area contributed by atoms with E-state index in [4.69, 9.17) is 27.9 Å². The van der Waals surface area contributed by atoms with E-state index in [2.05, 4.69) is 0 Å². The van der Waals surface area contributed by atoms with Crippen molar-refractivity contribution in [1.29, 1.82) is 0 Å². The molecule has 5 nitrogen and oxygen atoms in total. The molecule has 0 aromatic heterocycles. The third kappa shape index (κ3) is 3.95. The molecule has 5 rings (SSSR count). The third-order valence-corrected chi connectivity index (χ3v) is 6.90. The predicted octanol–water partition coefficient (Wildman–Crippen LogP) is 5.94. The van der Waals surface area contributed by atoms with Gasteiger partial charge in [-0.05, 0) is 53.9 Å². The van der Waals surface area contributed by atoms with Crippen LogP contribution in [0.2, 0.25) is 10.0 Å². The van der Waals surface area contributed by atoms with Crippen molar-refractivity contribution in [1.82, 2.24) is 4.90 Å². The van der Waals surface area contributed by atoms with Gasteiger partial charge in [0.15, 0.2) is 0 Å². The molecule has 0 saturated carbocycles. The summed E-state index contributed by atoms with van der Waals surface area (Å²) in [6, 6.07) is 18.8. The highest BCUT2D eigenvalue weighted by atomic mass is 35.5. The van der Waals surface area contributed by atoms with Gasteiger partial charge in [0.25, 0.3) is 11.7 Å². The molecule has 2 heterocycles. The Kier molecular flexibility index (Phi) is 5.84. The molecule has 1 amide bonds. The summed E-state index contributed by atoms with van der Waals surface area (Å²) in [5, 5.41) is 12.0. The number of ketones is 1. The number of fused-ring (bicyclic) bond motifs is 1. The van der Waals surface area contributed by atoms with Crippen LogP contribution in [0.4, 0.5) is 0 Å². The molecular formula is C27H21Cl2NO4. The quantitative estimate of drug-likeness (QED) is 0.277. The number of aliphatic hydroxyl groups excluding tert-OH is 1. The number of carbonyl (C=O) groups is 2. The topological polar surface area (TPSA) is 66.8 Å². The van der Waals surface area contributed by atoms with Gasteiger partial charge in [-0.2, -0.15) is 0 Å². The molecule has 0 bridgehead atoms. The second-order valence-corrected chi connectivity index (χ2v) is 9.36. The minimum Gasteiger partial charge on any atom is -0.507 e. The Hall–Kier alpha value is -3.28. The van der Waals surface area contributed by atoms with E-state index in [0.717, 1.165) is 16.9 Å². The molecule has 1 fully saturated rings. The van der Waals surface area contributed by atoms with Gasteiger partial charge in [-0.25, -0.2) is 0 Å². The molecule has 2 aliphatic rings. The summed E-state index contributed by atoms with van der Waals surface area (Å²) in [6.07, 6.45) is 0.745. The number of amides is 1. The van der Waals surface area contributed by atoms with Gasteiger partial charge in [-0.15, -0.1) is 0 Å². The van der Waals surface area contributed by atoms with Crippen LogP contribution < -0.4 is 4.74 Å². The molecule has 2 unspecified atom stereocenters. The van der Waals surface area contributed by atoms with Crippen molar-refractivity contribution in [2.75, 3.05) is 0 Å². The molecule has 2 aliphatic heterocycles. The predicted molar refractivity (Wildman–Crippen MR) is 131 cm³/mol. The van der Waals surface area contributed by atoms with Crippen LogP contribution in [0.1, 0.15) is 35.2 Å². The Morgan fingerprint density at radius 2 is 1.79 bits per heavy atom. The zero-order chi connectivity index (χ0) is 24.0. The van der Waals surface area contributed by atoms with Crippen LogP contribution in [0.5, 0.6) is 5.75 Å². The SMILES string of the molecule is CC1Cc2cc(C(O)=C3C(=O)C(=O)N(Cc4ccccc4)C3c3ccc(Cl)c(Cl)c3)ccc2O1. The molecule has 0 aliphatic carbocycles. The molecule has 34 heavy (non-hydrogen) atoms. The lowest BCUT2D eigenvalue weighted by atomic mass is 9.94. The Morgan fingerprint density at radius 1 is 1.03 bits per heavy atom. The lowest BCUT2D eigenvalue weighted by molar-refractivity contribution is -0.140. The van der Waals surface area contributed by atoms with Crippen LogP contribution in [-0.2, 0) is 22.6 Å². The summed E-state index contributed by atoms with van der Waals surface area (Å²) in [5.41, 5.74) is 2.87. The van der Waals surface area contributed by atoms with Gasteiger partial charge in [0.2, 0.25) is 0 Å². The number of carbonyl (C=O) groups excluding carboxylic acids is 2. The Bertz CT molecular complexity index is 1340. The van der Waals surface area contributed by atoms with E-state index in [9.17, 15) is 14.7 Å². The molecule has 0 radical (unpaired) electrons. The van der Waals surface area contributed by atoms with E-state index >= 15 is 0 Å². The number of ether oxygens (including phenoxy) is 1. The molecule has 3 aromatic carbocycles. The fraction of sp³-hybridized carbons (Fsp3) is 0.185. The fourth-order valence-corrected chi connectivity index (χ4v) is 4.88. The van der Waals surface area contributed by atoms with Crippen molar-refractivity contribution in [3.63, 3.8) is 0 Å². The fourth-order valence-electron chi connectivity index (χ4n) is 4.58. The number of rotatable bonds is 4. The van der Waals surface area contributed by atoms with E-state index in [1.165, 1.54) is 4.90 Å². The second-order valence-electron chi connectivity index (χ2n) is 8.54.